The number of halogens is 1. The highest BCUT2D eigenvalue weighted by molar-refractivity contribution is 5.69. The molecule has 0 radical (unpaired) electrons. The molecule has 2 rings (SSSR count). The molecule has 2 heterocycles. The Morgan fingerprint density at radius 1 is 1.43 bits per heavy atom. The number of hydrogen-bond donors (Lipinski definition) is 0. The standard InChI is InChI=1S/C15H22FN3O2/c1-11-10-18(13-5-6-17-9-12(13)16)7-8-19(11)14(20)21-15(2,3)4/h5-6,9,11H,7-8,10H2,1-4H3/t11-/m1/s1. The van der Waals surface area contributed by atoms with E-state index in [4.69, 9.17) is 4.74 Å². The largest absolute Gasteiger partial charge is 0.444 e. The summed E-state index contributed by atoms with van der Waals surface area (Å²) in [6.45, 7) is 9.13. The van der Waals surface area contributed by atoms with Crippen LogP contribution in [0.5, 0.6) is 0 Å². The molecule has 0 aliphatic carbocycles. The van der Waals surface area contributed by atoms with Crippen molar-refractivity contribution in [2.24, 2.45) is 0 Å². The molecule has 1 aliphatic heterocycles. The van der Waals surface area contributed by atoms with E-state index < -0.39 is 5.60 Å². The maximum atomic E-state index is 13.8. The van der Waals surface area contributed by atoms with Crippen LogP contribution >= 0.6 is 0 Å². The molecule has 116 valence electrons. The SMILES string of the molecule is C[C@@H]1CN(c2ccncc2F)CCN1C(=O)OC(C)(C)C. The zero-order chi connectivity index (χ0) is 15.6. The van der Waals surface area contributed by atoms with Crippen molar-refractivity contribution in [3.8, 4) is 0 Å². The van der Waals surface area contributed by atoms with Crippen molar-refractivity contribution < 1.29 is 13.9 Å². The molecule has 1 fully saturated rings. The van der Waals surface area contributed by atoms with E-state index in [0.29, 0.717) is 25.3 Å². The van der Waals surface area contributed by atoms with Gasteiger partial charge in [-0.1, -0.05) is 0 Å². The molecule has 0 saturated carbocycles. The first kappa shape index (κ1) is 15.5. The van der Waals surface area contributed by atoms with Crippen LogP contribution in [-0.2, 0) is 4.74 Å². The highest BCUT2D eigenvalue weighted by Gasteiger charge is 2.31. The lowest BCUT2D eigenvalue weighted by Gasteiger charge is -2.41. The number of pyridine rings is 1. The maximum Gasteiger partial charge on any atom is 0.410 e. The van der Waals surface area contributed by atoms with E-state index >= 15 is 0 Å². The van der Waals surface area contributed by atoms with Crippen LogP contribution in [0.4, 0.5) is 14.9 Å². The van der Waals surface area contributed by atoms with Crippen LogP contribution in [-0.4, -0.2) is 47.3 Å². The fourth-order valence-electron chi connectivity index (χ4n) is 2.39. The van der Waals surface area contributed by atoms with Gasteiger partial charge in [-0.25, -0.2) is 9.18 Å². The van der Waals surface area contributed by atoms with Gasteiger partial charge in [0.1, 0.15) is 5.60 Å². The second-order valence-corrected chi connectivity index (χ2v) is 6.30. The van der Waals surface area contributed by atoms with Crippen LogP contribution < -0.4 is 4.90 Å². The Hall–Kier alpha value is -1.85. The molecule has 0 unspecified atom stereocenters. The third-order valence-corrected chi connectivity index (χ3v) is 3.35. The summed E-state index contributed by atoms with van der Waals surface area (Å²) >= 11 is 0. The topological polar surface area (TPSA) is 45.7 Å². The molecular formula is C15H22FN3O2. The zero-order valence-electron chi connectivity index (χ0n) is 13.0. The number of nitrogens with zero attached hydrogens (tertiary/aromatic N) is 3. The summed E-state index contributed by atoms with van der Waals surface area (Å²) < 4.78 is 19.2. The van der Waals surface area contributed by atoms with Crippen LogP contribution in [0.25, 0.3) is 0 Å². The predicted molar refractivity (Wildman–Crippen MR) is 78.8 cm³/mol. The van der Waals surface area contributed by atoms with Crippen LogP contribution in [0.3, 0.4) is 0 Å². The van der Waals surface area contributed by atoms with Gasteiger partial charge in [0.05, 0.1) is 11.9 Å². The summed E-state index contributed by atoms with van der Waals surface area (Å²) in [5.74, 6) is -0.338. The van der Waals surface area contributed by atoms with E-state index in [1.54, 1.807) is 17.2 Å². The Bertz CT molecular complexity index is 516. The van der Waals surface area contributed by atoms with Crippen LogP contribution in [0.1, 0.15) is 27.7 Å². The van der Waals surface area contributed by atoms with Crippen molar-refractivity contribution in [2.75, 3.05) is 24.5 Å². The van der Waals surface area contributed by atoms with E-state index in [2.05, 4.69) is 4.98 Å². The summed E-state index contributed by atoms with van der Waals surface area (Å²) in [6, 6.07) is 1.62. The molecule has 6 heteroatoms. The maximum absolute atomic E-state index is 13.8. The fraction of sp³-hybridized carbons (Fsp3) is 0.600. The third-order valence-electron chi connectivity index (χ3n) is 3.35. The monoisotopic (exact) mass is 295 g/mol. The number of rotatable bonds is 1. The highest BCUT2D eigenvalue weighted by atomic mass is 19.1. The smallest absolute Gasteiger partial charge is 0.410 e. The lowest BCUT2D eigenvalue weighted by molar-refractivity contribution is 0.0159. The van der Waals surface area contributed by atoms with Crippen molar-refractivity contribution >= 4 is 11.8 Å². The molecule has 5 nitrogen and oxygen atoms in total. The van der Waals surface area contributed by atoms with Gasteiger partial charge in [-0.3, -0.25) is 4.98 Å². The van der Waals surface area contributed by atoms with Gasteiger partial charge < -0.3 is 14.5 Å². The Labute approximate surface area is 124 Å². The van der Waals surface area contributed by atoms with Gasteiger partial charge in [-0.15, -0.1) is 0 Å². The van der Waals surface area contributed by atoms with Gasteiger partial charge in [0.25, 0.3) is 0 Å². The van der Waals surface area contributed by atoms with Gasteiger partial charge in [0.15, 0.2) is 5.82 Å². The molecule has 1 aromatic heterocycles. The molecule has 1 saturated heterocycles. The van der Waals surface area contributed by atoms with Crippen molar-refractivity contribution in [2.45, 2.75) is 39.3 Å². The summed E-state index contributed by atoms with van der Waals surface area (Å²) in [6.07, 6.45) is 2.47. The van der Waals surface area contributed by atoms with E-state index in [9.17, 15) is 9.18 Å². The number of carbonyl (C=O) groups is 1. The number of carbonyl (C=O) groups excluding carboxylic acids is 1. The van der Waals surface area contributed by atoms with Gasteiger partial charge in [-0.05, 0) is 33.8 Å². The quantitative estimate of drug-likeness (QED) is 0.799. The van der Waals surface area contributed by atoms with Gasteiger partial charge in [0.2, 0.25) is 0 Å². The number of anilines is 1. The van der Waals surface area contributed by atoms with Crippen LogP contribution in [0.15, 0.2) is 18.5 Å². The van der Waals surface area contributed by atoms with Gasteiger partial charge >= 0.3 is 6.09 Å². The number of aromatic nitrogens is 1. The molecular weight excluding hydrogens is 273 g/mol. The number of piperazine rings is 1. The van der Waals surface area contributed by atoms with E-state index in [0.717, 1.165) is 0 Å². The second kappa shape index (κ2) is 5.87. The first-order valence-electron chi connectivity index (χ1n) is 7.12. The summed E-state index contributed by atoms with van der Waals surface area (Å²) in [5, 5.41) is 0. The molecule has 0 spiro atoms. The fourth-order valence-corrected chi connectivity index (χ4v) is 2.39. The van der Waals surface area contributed by atoms with Gasteiger partial charge in [-0.2, -0.15) is 0 Å². The van der Waals surface area contributed by atoms with Crippen molar-refractivity contribution in [1.82, 2.24) is 9.88 Å². The summed E-state index contributed by atoms with van der Waals surface area (Å²) in [7, 11) is 0. The normalized spacial score (nSPS) is 19.6. The minimum absolute atomic E-state index is 0.0406. The molecule has 1 amide bonds. The van der Waals surface area contributed by atoms with Crippen molar-refractivity contribution in [3.63, 3.8) is 0 Å². The lowest BCUT2D eigenvalue weighted by Crippen LogP contribution is -2.55. The Morgan fingerprint density at radius 3 is 2.71 bits per heavy atom. The highest BCUT2D eigenvalue weighted by Crippen LogP contribution is 2.22. The summed E-state index contributed by atoms with van der Waals surface area (Å²) in [4.78, 5) is 19.5. The molecule has 0 bridgehead atoms. The minimum Gasteiger partial charge on any atom is -0.444 e. The van der Waals surface area contributed by atoms with E-state index in [-0.39, 0.29) is 18.0 Å². The molecule has 1 aromatic rings. The van der Waals surface area contributed by atoms with Crippen LogP contribution in [0.2, 0.25) is 0 Å². The molecule has 21 heavy (non-hydrogen) atoms. The number of ether oxygens (including phenoxy) is 1. The Morgan fingerprint density at radius 2 is 2.14 bits per heavy atom. The summed E-state index contributed by atoms with van der Waals surface area (Å²) in [5.41, 5.74) is 0.0196. The average molecular weight is 295 g/mol. The van der Waals surface area contributed by atoms with Crippen LogP contribution in [0, 0.1) is 5.82 Å². The number of amides is 1. The van der Waals surface area contributed by atoms with E-state index in [1.165, 1.54) is 6.20 Å². The molecule has 1 atom stereocenters. The van der Waals surface area contributed by atoms with Gasteiger partial charge in [0, 0.05) is 31.9 Å². The minimum atomic E-state index is -0.509. The van der Waals surface area contributed by atoms with Crippen molar-refractivity contribution in [3.05, 3.63) is 24.3 Å². The van der Waals surface area contributed by atoms with Crippen molar-refractivity contribution in [1.29, 1.82) is 0 Å². The predicted octanol–water partition coefficient (Wildman–Crippen LogP) is 2.67. The Kier molecular flexibility index (Phi) is 4.34. The first-order valence-corrected chi connectivity index (χ1v) is 7.12. The zero-order valence-corrected chi connectivity index (χ0v) is 13.0. The molecule has 1 aliphatic rings. The first-order chi connectivity index (χ1) is 9.78. The Balaban J connectivity index is 2.03. The van der Waals surface area contributed by atoms with E-state index in [1.807, 2.05) is 32.6 Å². The number of hydrogen-bond acceptors (Lipinski definition) is 4. The molecule has 0 N–H and O–H groups in total. The average Bonchev–Trinajstić information content (AvgIpc) is 2.37. The third kappa shape index (κ3) is 3.83. The second-order valence-electron chi connectivity index (χ2n) is 6.30. The lowest BCUT2D eigenvalue weighted by atomic mass is 10.1. The molecule has 0 aromatic carbocycles.